The number of primary amides is 1. The standard InChI is InChI=1S/C22H32N8O2S/c1-14-17(16-6-10-24-19(26-16)29-12-7-15(8-13-29)28(3)4)33-20(25-14)27-21(32)30-11-5-9-22(30,2)18(23)31/h6,10,15H,5,7-9,11-13H2,1-4H3,(H2,23,31)(H,25,27,32)/t22-/m0/s1. The maximum absolute atomic E-state index is 12.9. The van der Waals surface area contributed by atoms with Crippen molar-refractivity contribution < 1.29 is 9.59 Å². The van der Waals surface area contributed by atoms with Crippen molar-refractivity contribution in [3.63, 3.8) is 0 Å². The molecule has 11 heteroatoms. The zero-order chi connectivity index (χ0) is 23.8. The summed E-state index contributed by atoms with van der Waals surface area (Å²) >= 11 is 1.37. The third-order valence-electron chi connectivity index (χ3n) is 6.78. The Kier molecular flexibility index (Phi) is 6.53. The Hall–Kier alpha value is -2.79. The minimum Gasteiger partial charge on any atom is -0.368 e. The summed E-state index contributed by atoms with van der Waals surface area (Å²) in [5, 5.41) is 3.32. The van der Waals surface area contributed by atoms with Gasteiger partial charge in [0.1, 0.15) is 5.54 Å². The monoisotopic (exact) mass is 472 g/mol. The van der Waals surface area contributed by atoms with Crippen LogP contribution < -0.4 is 16.0 Å². The highest BCUT2D eigenvalue weighted by molar-refractivity contribution is 7.19. The van der Waals surface area contributed by atoms with Crippen molar-refractivity contribution in [3.05, 3.63) is 18.0 Å². The summed E-state index contributed by atoms with van der Waals surface area (Å²) in [4.78, 5) is 45.5. The predicted octanol–water partition coefficient (Wildman–Crippen LogP) is 2.31. The lowest BCUT2D eigenvalue weighted by molar-refractivity contribution is -0.126. The number of hydrogen-bond acceptors (Lipinski definition) is 8. The van der Waals surface area contributed by atoms with E-state index in [1.165, 1.54) is 16.2 Å². The fourth-order valence-electron chi connectivity index (χ4n) is 4.60. The highest BCUT2D eigenvalue weighted by atomic mass is 32.1. The number of aromatic nitrogens is 3. The molecule has 0 bridgehead atoms. The number of anilines is 2. The van der Waals surface area contributed by atoms with Crippen LogP contribution in [0.1, 0.15) is 38.3 Å². The van der Waals surface area contributed by atoms with E-state index in [0.29, 0.717) is 24.1 Å². The number of carbonyl (C=O) groups excluding carboxylic acids is 2. The Balaban J connectivity index is 1.48. The molecule has 1 atom stereocenters. The minimum atomic E-state index is -0.971. The summed E-state index contributed by atoms with van der Waals surface area (Å²) in [6.07, 6.45) is 5.24. The number of thiazole rings is 1. The number of hydrogen-bond donors (Lipinski definition) is 2. The molecule has 0 aliphatic carbocycles. The number of piperidine rings is 1. The van der Waals surface area contributed by atoms with Gasteiger partial charge in [-0.1, -0.05) is 11.3 Å². The lowest BCUT2D eigenvalue weighted by atomic mass is 9.98. The van der Waals surface area contributed by atoms with E-state index in [0.717, 1.165) is 54.6 Å². The topological polar surface area (TPSA) is 121 Å². The largest absolute Gasteiger partial charge is 0.368 e. The SMILES string of the molecule is Cc1nc(NC(=O)N2CCC[C@@]2(C)C(N)=O)sc1-c1ccnc(N2CCC(N(C)C)CC2)n1. The molecule has 2 saturated heterocycles. The minimum absolute atomic E-state index is 0.360. The molecule has 2 aliphatic rings. The molecule has 4 rings (SSSR count). The molecular formula is C22H32N8O2S. The van der Waals surface area contributed by atoms with Gasteiger partial charge in [0.15, 0.2) is 5.13 Å². The zero-order valence-corrected chi connectivity index (χ0v) is 20.5. The lowest BCUT2D eigenvalue weighted by Gasteiger charge is -2.35. The van der Waals surface area contributed by atoms with Gasteiger partial charge in [-0.15, -0.1) is 0 Å². The van der Waals surface area contributed by atoms with Crippen LogP contribution in [-0.2, 0) is 4.79 Å². The Morgan fingerprint density at radius 1 is 1.24 bits per heavy atom. The summed E-state index contributed by atoms with van der Waals surface area (Å²) < 4.78 is 0. The van der Waals surface area contributed by atoms with Crippen LogP contribution in [0.5, 0.6) is 0 Å². The number of urea groups is 1. The van der Waals surface area contributed by atoms with Gasteiger partial charge in [-0.05, 0) is 59.7 Å². The molecular weight excluding hydrogens is 440 g/mol. The molecule has 0 unspecified atom stereocenters. The molecule has 0 saturated carbocycles. The Labute approximate surface area is 198 Å². The van der Waals surface area contributed by atoms with Gasteiger partial charge in [0.05, 0.1) is 16.3 Å². The van der Waals surface area contributed by atoms with E-state index in [9.17, 15) is 9.59 Å². The van der Waals surface area contributed by atoms with E-state index in [1.807, 2.05) is 13.0 Å². The van der Waals surface area contributed by atoms with Gasteiger partial charge in [-0.25, -0.2) is 19.7 Å². The number of nitrogens with two attached hydrogens (primary N) is 1. The molecule has 33 heavy (non-hydrogen) atoms. The molecule has 0 spiro atoms. The first-order chi connectivity index (χ1) is 15.7. The summed E-state index contributed by atoms with van der Waals surface area (Å²) in [5.41, 5.74) is 6.16. The van der Waals surface area contributed by atoms with Crippen molar-refractivity contribution in [1.29, 1.82) is 0 Å². The summed E-state index contributed by atoms with van der Waals surface area (Å²) in [5.74, 6) is 0.228. The molecule has 2 aromatic heterocycles. The van der Waals surface area contributed by atoms with Gasteiger partial charge in [-0.3, -0.25) is 10.1 Å². The van der Waals surface area contributed by atoms with Crippen LogP contribution in [0.4, 0.5) is 15.9 Å². The van der Waals surface area contributed by atoms with E-state index in [2.05, 4.69) is 39.2 Å². The molecule has 178 valence electrons. The smallest absolute Gasteiger partial charge is 0.324 e. The van der Waals surface area contributed by atoms with Gasteiger partial charge >= 0.3 is 6.03 Å². The number of nitrogens with one attached hydrogen (secondary N) is 1. The third kappa shape index (κ3) is 4.65. The Morgan fingerprint density at radius 3 is 2.64 bits per heavy atom. The van der Waals surface area contributed by atoms with Gasteiger partial charge < -0.3 is 20.4 Å². The fourth-order valence-corrected chi connectivity index (χ4v) is 5.53. The average molecular weight is 473 g/mol. The van der Waals surface area contributed by atoms with Crippen LogP contribution in [0.25, 0.3) is 10.6 Å². The third-order valence-corrected chi connectivity index (χ3v) is 7.88. The van der Waals surface area contributed by atoms with Crippen molar-refractivity contribution in [2.75, 3.05) is 43.9 Å². The van der Waals surface area contributed by atoms with Gasteiger partial charge in [0, 0.05) is 31.9 Å². The Bertz CT molecular complexity index is 1030. The highest BCUT2D eigenvalue weighted by Crippen LogP contribution is 2.34. The van der Waals surface area contributed by atoms with Crippen molar-refractivity contribution in [2.24, 2.45) is 5.73 Å². The van der Waals surface area contributed by atoms with Crippen LogP contribution >= 0.6 is 11.3 Å². The molecule has 3 N–H and O–H groups in total. The van der Waals surface area contributed by atoms with E-state index in [4.69, 9.17) is 10.7 Å². The van der Waals surface area contributed by atoms with E-state index < -0.39 is 11.4 Å². The van der Waals surface area contributed by atoms with E-state index >= 15 is 0 Å². The fraction of sp³-hybridized carbons (Fsp3) is 0.591. The molecule has 0 aromatic carbocycles. The predicted molar refractivity (Wildman–Crippen MR) is 129 cm³/mol. The molecule has 4 heterocycles. The van der Waals surface area contributed by atoms with Crippen molar-refractivity contribution >= 4 is 34.4 Å². The van der Waals surface area contributed by atoms with Crippen LogP contribution in [0.15, 0.2) is 12.3 Å². The van der Waals surface area contributed by atoms with Crippen LogP contribution in [0, 0.1) is 6.92 Å². The molecule has 2 aliphatic heterocycles. The lowest BCUT2D eigenvalue weighted by Crippen LogP contribution is -2.55. The number of rotatable bonds is 5. The molecule has 10 nitrogen and oxygen atoms in total. The summed E-state index contributed by atoms with van der Waals surface area (Å²) in [6.45, 7) is 5.94. The van der Waals surface area contributed by atoms with Crippen molar-refractivity contribution in [3.8, 4) is 10.6 Å². The van der Waals surface area contributed by atoms with Crippen LogP contribution in [0.2, 0.25) is 0 Å². The maximum Gasteiger partial charge on any atom is 0.324 e. The maximum atomic E-state index is 12.9. The van der Waals surface area contributed by atoms with Crippen molar-refractivity contribution in [2.45, 2.75) is 51.1 Å². The summed E-state index contributed by atoms with van der Waals surface area (Å²) in [7, 11) is 4.25. The van der Waals surface area contributed by atoms with Crippen LogP contribution in [0.3, 0.4) is 0 Å². The first-order valence-electron chi connectivity index (χ1n) is 11.3. The first-order valence-corrected chi connectivity index (χ1v) is 12.1. The zero-order valence-electron chi connectivity index (χ0n) is 19.7. The number of carbonyl (C=O) groups is 2. The number of nitrogens with zero attached hydrogens (tertiary/aromatic N) is 6. The van der Waals surface area contributed by atoms with E-state index in [-0.39, 0.29) is 6.03 Å². The number of aryl methyl sites for hydroxylation is 1. The molecule has 3 amide bonds. The van der Waals surface area contributed by atoms with E-state index in [1.54, 1.807) is 13.1 Å². The number of likely N-dealkylation sites (tertiary alicyclic amines) is 1. The normalized spacial score (nSPS) is 21.6. The van der Waals surface area contributed by atoms with Gasteiger partial charge in [0.25, 0.3) is 0 Å². The Morgan fingerprint density at radius 2 is 1.97 bits per heavy atom. The van der Waals surface area contributed by atoms with Crippen LogP contribution in [-0.4, -0.2) is 82.0 Å². The second kappa shape index (κ2) is 9.22. The molecule has 0 radical (unpaired) electrons. The first kappa shape index (κ1) is 23.4. The summed E-state index contributed by atoms with van der Waals surface area (Å²) in [6, 6.07) is 2.10. The number of amides is 3. The molecule has 2 aromatic rings. The average Bonchev–Trinajstić information content (AvgIpc) is 3.37. The van der Waals surface area contributed by atoms with Gasteiger partial charge in [0.2, 0.25) is 11.9 Å². The van der Waals surface area contributed by atoms with Gasteiger partial charge in [-0.2, -0.15) is 0 Å². The second-order valence-corrected chi connectivity index (χ2v) is 10.2. The second-order valence-electron chi connectivity index (χ2n) is 9.18. The molecule has 2 fully saturated rings. The quantitative estimate of drug-likeness (QED) is 0.685. The highest BCUT2D eigenvalue weighted by Gasteiger charge is 2.44. The van der Waals surface area contributed by atoms with Crippen molar-refractivity contribution in [1.82, 2.24) is 24.8 Å².